The van der Waals surface area contributed by atoms with Crippen LogP contribution < -0.4 is 5.32 Å². The lowest BCUT2D eigenvalue weighted by molar-refractivity contribution is 0.474. The summed E-state index contributed by atoms with van der Waals surface area (Å²) in [4.78, 5) is 4.40. The maximum Gasteiger partial charge on any atom is 0.125 e. The molecule has 4 heteroatoms. The number of benzene rings is 1. The molecule has 18 heavy (non-hydrogen) atoms. The Bertz CT molecular complexity index is 490. The summed E-state index contributed by atoms with van der Waals surface area (Å²) in [5.41, 5.74) is 1.18. The van der Waals surface area contributed by atoms with Crippen molar-refractivity contribution in [3.05, 3.63) is 48.0 Å². The minimum Gasteiger partial charge on any atom is -0.508 e. The van der Waals surface area contributed by atoms with E-state index < -0.39 is 0 Å². The van der Waals surface area contributed by atoms with Crippen LogP contribution in [0.1, 0.15) is 24.4 Å². The van der Waals surface area contributed by atoms with Crippen LogP contribution in [0.5, 0.6) is 5.75 Å². The highest BCUT2D eigenvalue weighted by Gasteiger charge is 2.15. The summed E-state index contributed by atoms with van der Waals surface area (Å²) in [6, 6.07) is 7.53. The van der Waals surface area contributed by atoms with Crippen molar-refractivity contribution in [2.24, 2.45) is 7.05 Å². The van der Waals surface area contributed by atoms with Crippen LogP contribution in [-0.2, 0) is 13.5 Å². The normalized spacial score (nSPS) is 12.6. The van der Waals surface area contributed by atoms with Gasteiger partial charge < -0.3 is 15.0 Å². The minimum atomic E-state index is 0.194. The topological polar surface area (TPSA) is 50.1 Å². The van der Waals surface area contributed by atoms with Crippen molar-refractivity contribution in [1.82, 2.24) is 14.9 Å². The maximum absolute atomic E-state index is 9.29. The second-order valence-corrected chi connectivity index (χ2v) is 4.38. The summed E-state index contributed by atoms with van der Waals surface area (Å²) in [6.45, 7) is 2.99. The minimum absolute atomic E-state index is 0.194. The van der Waals surface area contributed by atoms with Crippen molar-refractivity contribution in [3.8, 4) is 5.75 Å². The fraction of sp³-hybridized carbons (Fsp3) is 0.357. The van der Waals surface area contributed by atoms with Crippen LogP contribution in [0.15, 0.2) is 36.7 Å². The average Bonchev–Trinajstić information content (AvgIpc) is 2.78. The monoisotopic (exact) mass is 245 g/mol. The Hall–Kier alpha value is -1.81. The van der Waals surface area contributed by atoms with Gasteiger partial charge in [0.05, 0.1) is 6.04 Å². The second-order valence-electron chi connectivity index (χ2n) is 4.38. The summed E-state index contributed by atoms with van der Waals surface area (Å²) in [6.07, 6.45) is 4.63. The van der Waals surface area contributed by atoms with Crippen LogP contribution in [-0.4, -0.2) is 21.2 Å². The largest absolute Gasteiger partial charge is 0.508 e. The van der Waals surface area contributed by atoms with E-state index in [4.69, 9.17) is 0 Å². The number of aromatic hydroxyl groups is 1. The number of nitrogens with zero attached hydrogens (tertiary/aromatic N) is 2. The lowest BCUT2D eigenvalue weighted by Crippen LogP contribution is -2.25. The lowest BCUT2D eigenvalue weighted by Gasteiger charge is -2.17. The summed E-state index contributed by atoms with van der Waals surface area (Å²) < 4.78 is 2.04. The van der Waals surface area contributed by atoms with Gasteiger partial charge in [0.15, 0.2) is 0 Å². The SMILES string of the molecule is CCNC(Cc1ccc(O)cc1)c1nccn1C. The zero-order chi connectivity index (χ0) is 13.0. The molecule has 1 aromatic heterocycles. The van der Waals surface area contributed by atoms with Gasteiger partial charge in [0.1, 0.15) is 11.6 Å². The molecule has 0 aliphatic rings. The van der Waals surface area contributed by atoms with Crippen LogP contribution in [0.3, 0.4) is 0 Å². The van der Waals surface area contributed by atoms with E-state index in [0.717, 1.165) is 18.8 Å². The molecule has 0 fully saturated rings. The average molecular weight is 245 g/mol. The van der Waals surface area contributed by atoms with E-state index in [1.807, 2.05) is 36.1 Å². The Kier molecular flexibility index (Phi) is 3.99. The first kappa shape index (κ1) is 12.6. The number of phenols is 1. The molecule has 1 heterocycles. The van der Waals surface area contributed by atoms with Crippen molar-refractivity contribution < 1.29 is 5.11 Å². The molecule has 0 spiro atoms. The Balaban J connectivity index is 2.16. The van der Waals surface area contributed by atoms with Crippen LogP contribution in [0.4, 0.5) is 0 Å². The molecule has 1 atom stereocenters. The standard InChI is InChI=1S/C14H19N3O/c1-3-15-13(14-16-8-9-17(14)2)10-11-4-6-12(18)7-5-11/h4-9,13,15,18H,3,10H2,1-2H3. The fourth-order valence-electron chi connectivity index (χ4n) is 2.08. The summed E-state index contributed by atoms with van der Waals surface area (Å²) in [7, 11) is 2.00. The first-order valence-electron chi connectivity index (χ1n) is 6.19. The molecule has 2 rings (SSSR count). The number of hydrogen-bond acceptors (Lipinski definition) is 3. The quantitative estimate of drug-likeness (QED) is 0.847. The first-order chi connectivity index (χ1) is 8.70. The molecule has 0 amide bonds. The molecule has 0 radical (unpaired) electrons. The zero-order valence-electron chi connectivity index (χ0n) is 10.8. The first-order valence-corrected chi connectivity index (χ1v) is 6.19. The number of likely N-dealkylation sites (N-methyl/N-ethyl adjacent to an activating group) is 1. The van der Waals surface area contributed by atoms with E-state index in [1.54, 1.807) is 12.1 Å². The highest BCUT2D eigenvalue weighted by molar-refractivity contribution is 5.27. The van der Waals surface area contributed by atoms with Crippen LogP contribution in [0.2, 0.25) is 0 Å². The fourth-order valence-corrected chi connectivity index (χ4v) is 2.08. The number of nitrogens with one attached hydrogen (secondary N) is 1. The number of aromatic nitrogens is 2. The Morgan fingerprint density at radius 2 is 2.06 bits per heavy atom. The molecule has 0 aliphatic carbocycles. The van der Waals surface area contributed by atoms with Gasteiger partial charge >= 0.3 is 0 Å². The van der Waals surface area contributed by atoms with Gasteiger partial charge in [0, 0.05) is 19.4 Å². The highest BCUT2D eigenvalue weighted by Crippen LogP contribution is 2.18. The summed E-state index contributed by atoms with van der Waals surface area (Å²) in [5, 5.41) is 12.7. The number of imidazole rings is 1. The Morgan fingerprint density at radius 1 is 1.33 bits per heavy atom. The van der Waals surface area contributed by atoms with E-state index in [1.165, 1.54) is 5.56 Å². The van der Waals surface area contributed by atoms with Crippen LogP contribution in [0, 0.1) is 0 Å². The van der Waals surface area contributed by atoms with Gasteiger partial charge in [-0.05, 0) is 30.7 Å². The molecular formula is C14H19N3O. The van der Waals surface area contributed by atoms with Gasteiger partial charge in [-0.1, -0.05) is 19.1 Å². The molecule has 1 aromatic carbocycles. The van der Waals surface area contributed by atoms with Gasteiger partial charge in [-0.2, -0.15) is 0 Å². The third kappa shape index (κ3) is 2.90. The van der Waals surface area contributed by atoms with Crippen molar-refractivity contribution in [2.45, 2.75) is 19.4 Å². The summed E-state index contributed by atoms with van der Waals surface area (Å²) >= 11 is 0. The van der Waals surface area contributed by atoms with Crippen molar-refractivity contribution in [1.29, 1.82) is 0 Å². The van der Waals surface area contributed by atoms with Crippen molar-refractivity contribution in [3.63, 3.8) is 0 Å². The van der Waals surface area contributed by atoms with Gasteiger partial charge in [-0.15, -0.1) is 0 Å². The third-order valence-electron chi connectivity index (χ3n) is 3.00. The number of rotatable bonds is 5. The number of hydrogen-bond donors (Lipinski definition) is 2. The van der Waals surface area contributed by atoms with Gasteiger partial charge in [0.2, 0.25) is 0 Å². The molecule has 96 valence electrons. The number of aryl methyl sites for hydroxylation is 1. The molecule has 2 N–H and O–H groups in total. The lowest BCUT2D eigenvalue weighted by atomic mass is 10.1. The molecule has 0 aliphatic heterocycles. The van der Waals surface area contributed by atoms with Gasteiger partial charge in [-0.25, -0.2) is 4.98 Å². The van der Waals surface area contributed by atoms with Gasteiger partial charge in [0.25, 0.3) is 0 Å². The molecule has 1 unspecified atom stereocenters. The van der Waals surface area contributed by atoms with Gasteiger partial charge in [-0.3, -0.25) is 0 Å². The molecule has 2 aromatic rings. The Morgan fingerprint density at radius 3 is 2.61 bits per heavy atom. The van der Waals surface area contributed by atoms with Crippen LogP contribution >= 0.6 is 0 Å². The second kappa shape index (κ2) is 5.69. The van der Waals surface area contributed by atoms with E-state index in [0.29, 0.717) is 5.75 Å². The molecule has 0 saturated carbocycles. The number of phenolic OH excluding ortho intramolecular Hbond substituents is 1. The summed E-state index contributed by atoms with van der Waals surface area (Å²) in [5.74, 6) is 1.33. The van der Waals surface area contributed by atoms with Crippen molar-refractivity contribution >= 4 is 0 Å². The predicted molar refractivity (Wildman–Crippen MR) is 71.4 cm³/mol. The molecule has 0 bridgehead atoms. The Labute approximate surface area is 107 Å². The van der Waals surface area contributed by atoms with E-state index in [2.05, 4.69) is 17.2 Å². The predicted octanol–water partition coefficient (Wildman–Crippen LogP) is 2.02. The van der Waals surface area contributed by atoms with Crippen molar-refractivity contribution in [2.75, 3.05) is 6.54 Å². The smallest absolute Gasteiger partial charge is 0.125 e. The molecular weight excluding hydrogens is 226 g/mol. The maximum atomic E-state index is 9.29. The van der Waals surface area contributed by atoms with Crippen LogP contribution in [0.25, 0.3) is 0 Å². The van der Waals surface area contributed by atoms with E-state index in [9.17, 15) is 5.11 Å². The highest BCUT2D eigenvalue weighted by atomic mass is 16.3. The molecule has 0 saturated heterocycles. The third-order valence-corrected chi connectivity index (χ3v) is 3.00. The zero-order valence-corrected chi connectivity index (χ0v) is 10.8. The van der Waals surface area contributed by atoms with E-state index in [-0.39, 0.29) is 6.04 Å². The van der Waals surface area contributed by atoms with E-state index >= 15 is 0 Å². The molecule has 4 nitrogen and oxygen atoms in total.